The average molecular weight is 333 g/mol. The summed E-state index contributed by atoms with van der Waals surface area (Å²) in [5.74, 6) is 0.429. The Morgan fingerprint density at radius 1 is 0.880 bits per heavy atom. The topological polar surface area (TPSA) is 59.8 Å². The molecule has 2 aromatic carbocycles. The Hall–Kier alpha value is -3.08. The lowest BCUT2D eigenvalue weighted by Crippen LogP contribution is -2.22. The van der Waals surface area contributed by atoms with Crippen LogP contribution in [0, 0.1) is 0 Å². The molecular formula is C20H19N3O2. The summed E-state index contributed by atoms with van der Waals surface area (Å²) in [6, 6.07) is 15.2. The van der Waals surface area contributed by atoms with Crippen molar-refractivity contribution in [1.29, 1.82) is 0 Å². The van der Waals surface area contributed by atoms with Crippen LogP contribution >= 0.6 is 0 Å². The van der Waals surface area contributed by atoms with E-state index in [-0.39, 0.29) is 11.1 Å². The number of nitrogens with zero attached hydrogens (tertiary/aromatic N) is 2. The van der Waals surface area contributed by atoms with Crippen molar-refractivity contribution in [2.24, 2.45) is 7.05 Å². The van der Waals surface area contributed by atoms with E-state index < -0.39 is 0 Å². The molecule has 4 aromatic rings. The van der Waals surface area contributed by atoms with E-state index in [2.05, 4.69) is 18.9 Å². The Balaban J connectivity index is 2.06. The number of hydrogen-bond acceptors (Lipinski definition) is 2. The third-order valence-electron chi connectivity index (χ3n) is 4.75. The Morgan fingerprint density at radius 3 is 2.16 bits per heavy atom. The summed E-state index contributed by atoms with van der Waals surface area (Å²) in [5.41, 5.74) is 2.64. The van der Waals surface area contributed by atoms with E-state index in [0.29, 0.717) is 22.3 Å². The van der Waals surface area contributed by atoms with E-state index in [1.807, 2.05) is 42.5 Å². The van der Waals surface area contributed by atoms with Crippen molar-refractivity contribution in [2.45, 2.75) is 19.8 Å². The van der Waals surface area contributed by atoms with Gasteiger partial charge in [-0.05, 0) is 29.7 Å². The molecular weight excluding hydrogens is 314 g/mol. The number of aromatic nitrogens is 3. The number of rotatable bonds is 2. The molecule has 2 aromatic heterocycles. The maximum Gasteiger partial charge on any atom is 0.295 e. The molecule has 25 heavy (non-hydrogen) atoms. The summed E-state index contributed by atoms with van der Waals surface area (Å²) in [7, 11) is 1.64. The molecule has 1 N–H and O–H groups in total. The predicted molar refractivity (Wildman–Crippen MR) is 101 cm³/mol. The quantitative estimate of drug-likeness (QED) is 0.612. The monoisotopic (exact) mass is 333 g/mol. The fourth-order valence-corrected chi connectivity index (χ4v) is 3.29. The van der Waals surface area contributed by atoms with Crippen molar-refractivity contribution >= 4 is 21.8 Å². The zero-order chi connectivity index (χ0) is 17.7. The van der Waals surface area contributed by atoms with Crippen LogP contribution in [0.2, 0.25) is 0 Å². The lowest BCUT2D eigenvalue weighted by Gasteiger charge is -2.06. The molecule has 5 nitrogen and oxygen atoms in total. The maximum atomic E-state index is 12.9. The number of aromatic amines is 1. The number of aryl methyl sites for hydroxylation is 1. The van der Waals surface area contributed by atoms with E-state index in [1.54, 1.807) is 13.1 Å². The Kier molecular flexibility index (Phi) is 3.39. The number of hydrogen-bond donors (Lipinski definition) is 1. The third-order valence-corrected chi connectivity index (χ3v) is 4.75. The van der Waals surface area contributed by atoms with E-state index in [4.69, 9.17) is 0 Å². The van der Waals surface area contributed by atoms with Crippen LogP contribution in [0.3, 0.4) is 0 Å². The highest BCUT2D eigenvalue weighted by Crippen LogP contribution is 2.20. The van der Waals surface area contributed by atoms with Crippen molar-refractivity contribution in [3.63, 3.8) is 0 Å². The number of H-pyrrole nitrogens is 1. The molecule has 0 saturated heterocycles. The third kappa shape index (κ3) is 2.23. The zero-order valence-corrected chi connectivity index (χ0v) is 14.4. The summed E-state index contributed by atoms with van der Waals surface area (Å²) in [5, 5.41) is 4.54. The van der Waals surface area contributed by atoms with Crippen LogP contribution in [0.1, 0.15) is 25.3 Å². The average Bonchev–Trinajstić information content (AvgIpc) is 2.97. The highest BCUT2D eigenvalue weighted by Gasteiger charge is 2.16. The van der Waals surface area contributed by atoms with Crippen molar-refractivity contribution < 1.29 is 0 Å². The van der Waals surface area contributed by atoms with E-state index in [9.17, 15) is 9.59 Å². The largest absolute Gasteiger partial charge is 0.305 e. The first-order valence-electron chi connectivity index (χ1n) is 8.32. The molecule has 126 valence electrons. The number of nitrogens with one attached hydrogen (secondary N) is 1. The van der Waals surface area contributed by atoms with Gasteiger partial charge < -0.3 is 4.57 Å². The number of benzene rings is 2. The SMILES string of the molecule is CC(C)c1ccc(-n2[nH]c3c4ccccc4c(=O)n(C)c3c2=O)cc1. The van der Waals surface area contributed by atoms with Gasteiger partial charge in [-0.25, -0.2) is 4.68 Å². The smallest absolute Gasteiger partial charge is 0.295 e. The summed E-state index contributed by atoms with van der Waals surface area (Å²) in [6.07, 6.45) is 0. The van der Waals surface area contributed by atoms with E-state index in [1.165, 1.54) is 14.8 Å². The first-order valence-corrected chi connectivity index (χ1v) is 8.32. The standard InChI is InChI=1S/C20H19N3O2/c1-12(2)13-8-10-14(11-9-13)23-20(25)18-17(21-23)15-6-4-5-7-16(15)19(24)22(18)3/h4-12,21H,1-3H3. The normalized spacial score (nSPS) is 11.7. The summed E-state index contributed by atoms with van der Waals surface area (Å²) in [4.78, 5) is 25.5. The molecule has 4 rings (SSSR count). The summed E-state index contributed by atoms with van der Waals surface area (Å²) in [6.45, 7) is 4.26. The van der Waals surface area contributed by atoms with Gasteiger partial charge in [0.2, 0.25) is 0 Å². The molecule has 0 saturated carbocycles. The van der Waals surface area contributed by atoms with E-state index >= 15 is 0 Å². The molecule has 2 heterocycles. The van der Waals surface area contributed by atoms with Crippen LogP contribution in [0.4, 0.5) is 0 Å². The van der Waals surface area contributed by atoms with Gasteiger partial charge in [-0.2, -0.15) is 0 Å². The Bertz CT molecular complexity index is 1210. The minimum Gasteiger partial charge on any atom is -0.305 e. The van der Waals surface area contributed by atoms with Gasteiger partial charge in [0.15, 0.2) is 0 Å². The molecule has 0 amide bonds. The Labute approximate surface area is 144 Å². The summed E-state index contributed by atoms with van der Waals surface area (Å²) >= 11 is 0. The fraction of sp³-hybridized carbons (Fsp3) is 0.200. The van der Waals surface area contributed by atoms with Crippen LogP contribution in [0.25, 0.3) is 27.5 Å². The van der Waals surface area contributed by atoms with Crippen LogP contribution in [0.15, 0.2) is 58.1 Å². The second-order valence-electron chi connectivity index (χ2n) is 6.63. The van der Waals surface area contributed by atoms with Gasteiger partial charge in [0.25, 0.3) is 11.1 Å². The summed E-state index contributed by atoms with van der Waals surface area (Å²) < 4.78 is 2.93. The van der Waals surface area contributed by atoms with Crippen LogP contribution < -0.4 is 11.1 Å². The predicted octanol–water partition coefficient (Wildman–Crippen LogP) is 3.29. The van der Waals surface area contributed by atoms with Gasteiger partial charge in [0.1, 0.15) is 5.52 Å². The van der Waals surface area contributed by atoms with Crippen molar-refractivity contribution in [2.75, 3.05) is 0 Å². The molecule has 5 heteroatoms. The van der Waals surface area contributed by atoms with Gasteiger partial charge in [-0.15, -0.1) is 0 Å². The van der Waals surface area contributed by atoms with Gasteiger partial charge >= 0.3 is 0 Å². The maximum absolute atomic E-state index is 12.9. The van der Waals surface area contributed by atoms with Gasteiger partial charge in [-0.3, -0.25) is 14.7 Å². The first kappa shape index (κ1) is 15.4. The van der Waals surface area contributed by atoms with Gasteiger partial charge in [-0.1, -0.05) is 44.2 Å². The molecule has 0 aliphatic heterocycles. The highest BCUT2D eigenvalue weighted by molar-refractivity contribution is 6.03. The van der Waals surface area contributed by atoms with Gasteiger partial charge in [0, 0.05) is 17.8 Å². The molecule has 0 radical (unpaired) electrons. The number of fused-ring (bicyclic) bond motifs is 3. The van der Waals surface area contributed by atoms with Crippen LogP contribution in [0.5, 0.6) is 0 Å². The van der Waals surface area contributed by atoms with Crippen molar-refractivity contribution in [3.05, 3.63) is 74.8 Å². The van der Waals surface area contributed by atoms with Crippen LogP contribution in [-0.2, 0) is 7.05 Å². The molecule has 0 atom stereocenters. The number of pyridine rings is 1. The second kappa shape index (κ2) is 5.48. The first-order chi connectivity index (χ1) is 12.0. The fourth-order valence-electron chi connectivity index (χ4n) is 3.29. The molecule has 0 aliphatic carbocycles. The minimum atomic E-state index is -0.224. The molecule has 0 fully saturated rings. The minimum absolute atomic E-state index is 0.165. The highest BCUT2D eigenvalue weighted by atomic mass is 16.1. The lowest BCUT2D eigenvalue weighted by molar-refractivity contribution is 0.843. The zero-order valence-electron chi connectivity index (χ0n) is 14.4. The van der Waals surface area contributed by atoms with Crippen molar-refractivity contribution in [3.8, 4) is 5.69 Å². The van der Waals surface area contributed by atoms with E-state index in [0.717, 1.165) is 11.1 Å². The van der Waals surface area contributed by atoms with Crippen LogP contribution in [-0.4, -0.2) is 14.3 Å². The van der Waals surface area contributed by atoms with Crippen molar-refractivity contribution in [1.82, 2.24) is 14.3 Å². The second-order valence-corrected chi connectivity index (χ2v) is 6.63. The molecule has 0 bridgehead atoms. The van der Waals surface area contributed by atoms with Gasteiger partial charge in [0.05, 0.1) is 11.2 Å². The Morgan fingerprint density at radius 2 is 1.52 bits per heavy atom. The lowest BCUT2D eigenvalue weighted by atomic mass is 10.0. The molecule has 0 unspecified atom stereocenters. The molecule has 0 aliphatic rings. The molecule has 0 spiro atoms.